The van der Waals surface area contributed by atoms with Crippen LogP contribution < -0.4 is 0 Å². The smallest absolute Gasteiger partial charge is 0.0500 e. The molecule has 1 atom stereocenters. The molecule has 0 saturated heterocycles. The number of hydrogen-bond donors (Lipinski definition) is 0. The lowest BCUT2D eigenvalue weighted by atomic mass is 10.1. The Morgan fingerprint density at radius 1 is 1.64 bits per heavy atom. The van der Waals surface area contributed by atoms with E-state index >= 15 is 0 Å². The maximum absolute atomic E-state index is 5.48. The fraction of sp³-hybridized carbons (Fsp3) is 0.800. The monoisotopic (exact) mass is 152 g/mol. The standard InChI is InChI=1S/C10H16O/c1-3-4-9(2)7-11-8-10-5-6-10/h1,9-10H,4-8H2,2H3. The topological polar surface area (TPSA) is 9.23 Å². The zero-order valence-electron chi connectivity index (χ0n) is 7.18. The van der Waals surface area contributed by atoms with Crippen molar-refractivity contribution in [2.45, 2.75) is 26.2 Å². The molecule has 1 fully saturated rings. The zero-order chi connectivity index (χ0) is 8.10. The maximum Gasteiger partial charge on any atom is 0.0500 e. The minimum absolute atomic E-state index is 0.527. The Kier molecular flexibility index (Phi) is 3.45. The van der Waals surface area contributed by atoms with Crippen LogP contribution in [0.4, 0.5) is 0 Å². The summed E-state index contributed by atoms with van der Waals surface area (Å²) in [7, 11) is 0. The van der Waals surface area contributed by atoms with Crippen LogP contribution in [0.15, 0.2) is 0 Å². The van der Waals surface area contributed by atoms with Crippen LogP contribution in [0.3, 0.4) is 0 Å². The lowest BCUT2D eigenvalue weighted by Gasteiger charge is -2.07. The lowest BCUT2D eigenvalue weighted by Crippen LogP contribution is -2.06. The van der Waals surface area contributed by atoms with Crippen LogP contribution in [0.2, 0.25) is 0 Å². The first-order chi connectivity index (χ1) is 5.33. The van der Waals surface area contributed by atoms with E-state index in [0.29, 0.717) is 5.92 Å². The van der Waals surface area contributed by atoms with E-state index < -0.39 is 0 Å². The molecule has 1 nitrogen and oxygen atoms in total. The number of terminal acetylenes is 1. The summed E-state index contributed by atoms with van der Waals surface area (Å²) in [6.07, 6.45) is 8.73. The molecule has 1 saturated carbocycles. The molecule has 0 aromatic heterocycles. The summed E-state index contributed by atoms with van der Waals surface area (Å²) in [6.45, 7) is 3.92. The molecule has 0 amide bonds. The maximum atomic E-state index is 5.48. The molecule has 0 aliphatic heterocycles. The molecule has 1 heteroatoms. The average Bonchev–Trinajstić information content (AvgIpc) is 2.72. The quantitative estimate of drug-likeness (QED) is 0.548. The third-order valence-electron chi connectivity index (χ3n) is 1.92. The van der Waals surface area contributed by atoms with Gasteiger partial charge in [-0.15, -0.1) is 12.3 Å². The van der Waals surface area contributed by atoms with Crippen LogP contribution in [0, 0.1) is 24.2 Å². The van der Waals surface area contributed by atoms with Gasteiger partial charge in [-0.05, 0) is 24.7 Å². The normalized spacial score (nSPS) is 19.3. The number of ether oxygens (including phenoxy) is 1. The Morgan fingerprint density at radius 3 is 2.91 bits per heavy atom. The Morgan fingerprint density at radius 2 is 2.36 bits per heavy atom. The molecule has 1 rings (SSSR count). The highest BCUT2D eigenvalue weighted by Crippen LogP contribution is 2.28. The highest BCUT2D eigenvalue weighted by molar-refractivity contribution is 4.85. The summed E-state index contributed by atoms with van der Waals surface area (Å²) in [5.74, 6) is 4.04. The van der Waals surface area contributed by atoms with Crippen LogP contribution >= 0.6 is 0 Å². The van der Waals surface area contributed by atoms with E-state index in [9.17, 15) is 0 Å². The molecule has 11 heavy (non-hydrogen) atoms. The van der Waals surface area contributed by atoms with Crippen molar-refractivity contribution in [3.8, 4) is 12.3 Å². The fourth-order valence-corrected chi connectivity index (χ4v) is 0.981. The summed E-state index contributed by atoms with van der Waals surface area (Å²) in [5, 5.41) is 0. The van der Waals surface area contributed by atoms with Gasteiger partial charge in [0.25, 0.3) is 0 Å². The average molecular weight is 152 g/mol. The van der Waals surface area contributed by atoms with Crippen LogP contribution in [0.25, 0.3) is 0 Å². The third kappa shape index (κ3) is 4.06. The fourth-order valence-electron chi connectivity index (χ4n) is 0.981. The number of hydrogen-bond acceptors (Lipinski definition) is 1. The second kappa shape index (κ2) is 4.41. The highest BCUT2D eigenvalue weighted by atomic mass is 16.5. The Hall–Kier alpha value is -0.480. The predicted molar refractivity (Wildman–Crippen MR) is 46.2 cm³/mol. The van der Waals surface area contributed by atoms with Crippen LogP contribution in [-0.4, -0.2) is 13.2 Å². The first-order valence-electron chi connectivity index (χ1n) is 4.34. The van der Waals surface area contributed by atoms with Crippen molar-refractivity contribution in [1.82, 2.24) is 0 Å². The van der Waals surface area contributed by atoms with Crippen molar-refractivity contribution in [2.24, 2.45) is 11.8 Å². The summed E-state index contributed by atoms with van der Waals surface area (Å²) in [4.78, 5) is 0. The number of rotatable bonds is 5. The van der Waals surface area contributed by atoms with E-state index in [1.54, 1.807) is 0 Å². The Balaban J connectivity index is 1.88. The summed E-state index contributed by atoms with van der Waals surface area (Å²) >= 11 is 0. The van der Waals surface area contributed by atoms with E-state index in [0.717, 1.165) is 25.6 Å². The molecule has 62 valence electrons. The molecular formula is C10H16O. The van der Waals surface area contributed by atoms with Gasteiger partial charge in [0.1, 0.15) is 0 Å². The van der Waals surface area contributed by atoms with Gasteiger partial charge in [0, 0.05) is 13.0 Å². The second-order valence-corrected chi connectivity index (χ2v) is 3.49. The van der Waals surface area contributed by atoms with E-state index in [1.165, 1.54) is 12.8 Å². The molecule has 1 aliphatic rings. The van der Waals surface area contributed by atoms with Crippen LogP contribution in [0.5, 0.6) is 0 Å². The highest BCUT2D eigenvalue weighted by Gasteiger charge is 2.21. The predicted octanol–water partition coefficient (Wildman–Crippen LogP) is 2.07. The minimum atomic E-state index is 0.527. The summed E-state index contributed by atoms with van der Waals surface area (Å²) < 4.78 is 5.48. The van der Waals surface area contributed by atoms with E-state index in [4.69, 9.17) is 11.2 Å². The van der Waals surface area contributed by atoms with Crippen molar-refractivity contribution in [3.05, 3.63) is 0 Å². The molecule has 0 aromatic carbocycles. The van der Waals surface area contributed by atoms with Gasteiger partial charge in [-0.3, -0.25) is 0 Å². The SMILES string of the molecule is C#CCC(C)COCC1CC1. The summed E-state index contributed by atoms with van der Waals surface area (Å²) in [6, 6.07) is 0. The molecule has 1 aliphatic carbocycles. The van der Waals surface area contributed by atoms with Crippen molar-refractivity contribution in [1.29, 1.82) is 0 Å². The molecule has 0 heterocycles. The second-order valence-electron chi connectivity index (χ2n) is 3.49. The first-order valence-corrected chi connectivity index (χ1v) is 4.34. The first kappa shape index (κ1) is 8.62. The van der Waals surface area contributed by atoms with Crippen molar-refractivity contribution >= 4 is 0 Å². The van der Waals surface area contributed by atoms with Crippen molar-refractivity contribution in [3.63, 3.8) is 0 Å². The zero-order valence-corrected chi connectivity index (χ0v) is 7.18. The molecule has 0 N–H and O–H groups in total. The van der Waals surface area contributed by atoms with Gasteiger partial charge < -0.3 is 4.74 Å². The van der Waals surface area contributed by atoms with Gasteiger partial charge in [0.2, 0.25) is 0 Å². The third-order valence-corrected chi connectivity index (χ3v) is 1.92. The van der Waals surface area contributed by atoms with Crippen molar-refractivity contribution < 1.29 is 4.74 Å². The molecule has 0 radical (unpaired) electrons. The Bertz CT molecular complexity index is 141. The van der Waals surface area contributed by atoms with Gasteiger partial charge in [0.15, 0.2) is 0 Å². The van der Waals surface area contributed by atoms with Gasteiger partial charge in [-0.25, -0.2) is 0 Å². The summed E-state index contributed by atoms with van der Waals surface area (Å²) in [5.41, 5.74) is 0. The molecular weight excluding hydrogens is 136 g/mol. The van der Waals surface area contributed by atoms with Crippen molar-refractivity contribution in [2.75, 3.05) is 13.2 Å². The molecule has 0 spiro atoms. The van der Waals surface area contributed by atoms with Gasteiger partial charge in [0.05, 0.1) is 6.61 Å². The lowest BCUT2D eigenvalue weighted by molar-refractivity contribution is 0.0976. The van der Waals surface area contributed by atoms with E-state index in [2.05, 4.69) is 12.8 Å². The Labute approximate surface area is 69.1 Å². The molecule has 1 unspecified atom stereocenters. The minimum Gasteiger partial charge on any atom is -0.381 e. The van der Waals surface area contributed by atoms with E-state index in [-0.39, 0.29) is 0 Å². The van der Waals surface area contributed by atoms with Gasteiger partial charge >= 0.3 is 0 Å². The van der Waals surface area contributed by atoms with Crippen LogP contribution in [-0.2, 0) is 4.74 Å². The van der Waals surface area contributed by atoms with Gasteiger partial charge in [-0.2, -0.15) is 0 Å². The van der Waals surface area contributed by atoms with Crippen LogP contribution in [0.1, 0.15) is 26.2 Å². The molecule has 0 aromatic rings. The molecule has 0 bridgehead atoms. The van der Waals surface area contributed by atoms with Gasteiger partial charge in [-0.1, -0.05) is 6.92 Å². The van der Waals surface area contributed by atoms with E-state index in [1.807, 2.05) is 0 Å². The largest absolute Gasteiger partial charge is 0.381 e.